The number of ether oxygens (including phenoxy) is 2. The van der Waals surface area contributed by atoms with E-state index >= 15 is 0 Å². The summed E-state index contributed by atoms with van der Waals surface area (Å²) in [7, 11) is 3.16. The van der Waals surface area contributed by atoms with E-state index in [-0.39, 0.29) is 11.7 Å². The summed E-state index contributed by atoms with van der Waals surface area (Å²) in [5, 5.41) is 9.66. The molecule has 0 radical (unpaired) electrons. The van der Waals surface area contributed by atoms with E-state index in [0.717, 1.165) is 19.3 Å². The zero-order valence-corrected chi connectivity index (χ0v) is 15.9. The minimum atomic E-state index is -0.774. The van der Waals surface area contributed by atoms with Crippen molar-refractivity contribution in [3.63, 3.8) is 0 Å². The maximum Gasteiger partial charge on any atom is 0.264 e. The molecule has 1 atom stereocenters. The minimum Gasteiger partial charge on any atom is -0.493 e. The first-order chi connectivity index (χ1) is 12.3. The molecule has 6 nitrogen and oxygen atoms in total. The SMILES string of the molecule is COc1cc(C(C)=O)ccc1O[C@@H](C)C(=O)N(C)C1(C#N)CCCCC1. The molecular weight excluding hydrogens is 332 g/mol. The lowest BCUT2D eigenvalue weighted by molar-refractivity contribution is -0.141. The molecule has 1 aliphatic rings. The average Bonchev–Trinajstić information content (AvgIpc) is 2.67. The van der Waals surface area contributed by atoms with Crippen molar-refractivity contribution in [2.45, 2.75) is 57.6 Å². The second-order valence-corrected chi connectivity index (χ2v) is 6.78. The molecule has 0 aromatic heterocycles. The lowest BCUT2D eigenvalue weighted by atomic mass is 9.81. The molecule has 0 bridgehead atoms. The quantitative estimate of drug-likeness (QED) is 0.729. The summed E-state index contributed by atoms with van der Waals surface area (Å²) >= 11 is 0. The Hall–Kier alpha value is -2.55. The summed E-state index contributed by atoms with van der Waals surface area (Å²) in [5.74, 6) is 0.465. The Morgan fingerprint density at radius 2 is 1.88 bits per heavy atom. The molecule has 1 saturated carbocycles. The molecule has 1 fully saturated rings. The van der Waals surface area contributed by atoms with Crippen molar-refractivity contribution >= 4 is 11.7 Å². The molecule has 26 heavy (non-hydrogen) atoms. The molecule has 0 N–H and O–H groups in total. The molecule has 0 spiro atoms. The number of benzene rings is 1. The van der Waals surface area contributed by atoms with Gasteiger partial charge in [0.2, 0.25) is 0 Å². The first-order valence-corrected chi connectivity index (χ1v) is 8.89. The van der Waals surface area contributed by atoms with Crippen LogP contribution in [0.15, 0.2) is 18.2 Å². The van der Waals surface area contributed by atoms with Gasteiger partial charge in [-0.25, -0.2) is 0 Å². The van der Waals surface area contributed by atoms with E-state index in [9.17, 15) is 14.9 Å². The molecular formula is C20H26N2O4. The summed E-state index contributed by atoms with van der Waals surface area (Å²) < 4.78 is 11.1. The zero-order chi connectivity index (χ0) is 19.3. The second kappa shape index (κ2) is 8.22. The average molecular weight is 358 g/mol. The van der Waals surface area contributed by atoms with Gasteiger partial charge < -0.3 is 14.4 Å². The van der Waals surface area contributed by atoms with Crippen LogP contribution in [-0.4, -0.2) is 42.4 Å². The predicted molar refractivity (Wildman–Crippen MR) is 97.3 cm³/mol. The van der Waals surface area contributed by atoms with Crippen LogP contribution in [0.2, 0.25) is 0 Å². The lowest BCUT2D eigenvalue weighted by Crippen LogP contribution is -2.53. The van der Waals surface area contributed by atoms with Gasteiger partial charge in [-0.3, -0.25) is 9.59 Å². The molecule has 0 saturated heterocycles. The fourth-order valence-electron chi connectivity index (χ4n) is 3.37. The van der Waals surface area contributed by atoms with Crippen molar-refractivity contribution in [1.82, 2.24) is 4.90 Å². The van der Waals surface area contributed by atoms with Crippen LogP contribution in [0.3, 0.4) is 0 Å². The van der Waals surface area contributed by atoms with Gasteiger partial charge in [0.25, 0.3) is 5.91 Å². The summed E-state index contributed by atoms with van der Waals surface area (Å²) in [6.45, 7) is 3.13. The van der Waals surface area contributed by atoms with Crippen molar-refractivity contribution in [2.75, 3.05) is 14.2 Å². The lowest BCUT2D eigenvalue weighted by Gasteiger charge is -2.40. The molecule has 6 heteroatoms. The van der Waals surface area contributed by atoms with Gasteiger partial charge in [-0.05, 0) is 44.9 Å². The maximum absolute atomic E-state index is 12.8. The van der Waals surface area contributed by atoms with Crippen molar-refractivity contribution in [2.24, 2.45) is 0 Å². The molecule has 0 unspecified atom stereocenters. The molecule has 1 aromatic rings. The number of ketones is 1. The van der Waals surface area contributed by atoms with E-state index < -0.39 is 11.6 Å². The first-order valence-electron chi connectivity index (χ1n) is 8.89. The van der Waals surface area contributed by atoms with Crippen LogP contribution in [0, 0.1) is 11.3 Å². The standard InChI is InChI=1S/C20H26N2O4/c1-14(23)16-8-9-17(18(12-16)25-4)26-15(2)19(24)22(3)20(13-21)10-6-5-7-11-20/h8-9,12,15H,5-7,10-11H2,1-4H3/t15-/m0/s1. The maximum atomic E-state index is 12.8. The van der Waals surface area contributed by atoms with Gasteiger partial charge in [0.15, 0.2) is 23.4 Å². The zero-order valence-electron chi connectivity index (χ0n) is 15.9. The van der Waals surface area contributed by atoms with Gasteiger partial charge in [0, 0.05) is 12.6 Å². The van der Waals surface area contributed by atoms with Crippen LogP contribution in [0.25, 0.3) is 0 Å². The molecule has 1 amide bonds. The number of rotatable bonds is 6. The second-order valence-electron chi connectivity index (χ2n) is 6.78. The number of hydrogen-bond donors (Lipinski definition) is 0. The van der Waals surface area contributed by atoms with E-state index in [1.807, 2.05) is 0 Å². The largest absolute Gasteiger partial charge is 0.493 e. The predicted octanol–water partition coefficient (Wildman–Crippen LogP) is 3.35. The summed E-state index contributed by atoms with van der Waals surface area (Å²) in [6, 6.07) is 7.20. The van der Waals surface area contributed by atoms with Crippen molar-refractivity contribution in [3.05, 3.63) is 23.8 Å². The van der Waals surface area contributed by atoms with Crippen LogP contribution in [-0.2, 0) is 4.79 Å². The van der Waals surface area contributed by atoms with Gasteiger partial charge in [-0.2, -0.15) is 5.26 Å². The summed E-state index contributed by atoms with van der Waals surface area (Å²) in [4.78, 5) is 25.9. The number of Topliss-reactive ketones (excluding diaryl/α,β-unsaturated/α-hetero) is 1. The third-order valence-corrected chi connectivity index (χ3v) is 5.08. The number of amides is 1. The topological polar surface area (TPSA) is 79.6 Å². The van der Waals surface area contributed by atoms with Gasteiger partial charge >= 0.3 is 0 Å². The van der Waals surface area contributed by atoms with Crippen LogP contribution in [0.1, 0.15) is 56.3 Å². The minimum absolute atomic E-state index is 0.0769. The van der Waals surface area contributed by atoms with Gasteiger partial charge in [0.1, 0.15) is 5.54 Å². The molecule has 1 aliphatic carbocycles. The number of nitrogens with zero attached hydrogens (tertiary/aromatic N) is 2. The fourth-order valence-corrected chi connectivity index (χ4v) is 3.37. The number of methoxy groups -OCH3 is 1. The molecule has 0 heterocycles. The third-order valence-electron chi connectivity index (χ3n) is 5.08. The van der Waals surface area contributed by atoms with Crippen molar-refractivity contribution < 1.29 is 19.1 Å². The van der Waals surface area contributed by atoms with Crippen LogP contribution in [0.5, 0.6) is 11.5 Å². The van der Waals surface area contributed by atoms with Crippen molar-refractivity contribution in [1.29, 1.82) is 5.26 Å². The van der Waals surface area contributed by atoms with E-state index in [1.165, 1.54) is 18.9 Å². The number of nitriles is 1. The Labute approximate surface area is 154 Å². The number of likely N-dealkylation sites (N-methyl/N-ethyl adjacent to an activating group) is 1. The summed E-state index contributed by atoms with van der Waals surface area (Å²) in [6.07, 6.45) is 3.59. The molecule has 2 rings (SSSR count). The van der Waals surface area contributed by atoms with Gasteiger partial charge in [-0.1, -0.05) is 19.3 Å². The van der Waals surface area contributed by atoms with E-state index in [1.54, 1.807) is 32.2 Å². The van der Waals surface area contributed by atoms with Crippen molar-refractivity contribution in [3.8, 4) is 17.6 Å². The highest BCUT2D eigenvalue weighted by Gasteiger charge is 2.40. The molecule has 1 aromatic carbocycles. The highest BCUT2D eigenvalue weighted by atomic mass is 16.5. The van der Waals surface area contributed by atoms with E-state index in [4.69, 9.17) is 9.47 Å². The van der Waals surface area contributed by atoms with Gasteiger partial charge in [-0.15, -0.1) is 0 Å². The molecule has 140 valence electrons. The van der Waals surface area contributed by atoms with Crippen LogP contribution in [0.4, 0.5) is 0 Å². The Balaban J connectivity index is 2.16. The number of carbonyl (C=O) groups is 2. The fraction of sp³-hybridized carbons (Fsp3) is 0.550. The Bertz CT molecular complexity index is 717. The van der Waals surface area contributed by atoms with Crippen LogP contribution >= 0.6 is 0 Å². The monoisotopic (exact) mass is 358 g/mol. The van der Waals surface area contributed by atoms with E-state index in [2.05, 4.69) is 6.07 Å². The smallest absolute Gasteiger partial charge is 0.264 e. The van der Waals surface area contributed by atoms with Gasteiger partial charge in [0.05, 0.1) is 13.2 Å². The normalized spacial score (nSPS) is 16.9. The Morgan fingerprint density at radius 3 is 2.42 bits per heavy atom. The molecule has 0 aliphatic heterocycles. The number of hydrogen-bond acceptors (Lipinski definition) is 5. The summed E-state index contributed by atoms with van der Waals surface area (Å²) in [5.41, 5.74) is -0.244. The highest BCUT2D eigenvalue weighted by Crippen LogP contribution is 2.34. The highest BCUT2D eigenvalue weighted by molar-refractivity contribution is 5.94. The Morgan fingerprint density at radius 1 is 1.23 bits per heavy atom. The Kier molecular flexibility index (Phi) is 6.25. The first kappa shape index (κ1) is 19.8. The van der Waals surface area contributed by atoms with Crippen LogP contribution < -0.4 is 9.47 Å². The van der Waals surface area contributed by atoms with E-state index in [0.29, 0.717) is 29.9 Å². The number of carbonyl (C=O) groups excluding carboxylic acids is 2. The third kappa shape index (κ3) is 3.98.